The molecule has 0 unspecified atom stereocenters. The number of piperidine rings is 1. The summed E-state index contributed by atoms with van der Waals surface area (Å²) >= 11 is 0. The van der Waals surface area contributed by atoms with Gasteiger partial charge in [-0.15, -0.1) is 0 Å². The predicted molar refractivity (Wildman–Crippen MR) is 107 cm³/mol. The molecule has 1 amide bonds. The van der Waals surface area contributed by atoms with E-state index in [4.69, 9.17) is 4.52 Å². The first kappa shape index (κ1) is 20.3. The summed E-state index contributed by atoms with van der Waals surface area (Å²) in [4.78, 5) is 12.4. The highest BCUT2D eigenvalue weighted by molar-refractivity contribution is 7.92. The van der Waals surface area contributed by atoms with E-state index in [2.05, 4.69) is 10.5 Å². The molecule has 28 heavy (non-hydrogen) atoms. The van der Waals surface area contributed by atoms with Crippen molar-refractivity contribution in [3.8, 4) is 0 Å². The van der Waals surface area contributed by atoms with Gasteiger partial charge in [-0.25, -0.2) is 8.42 Å². The third-order valence-electron chi connectivity index (χ3n) is 5.04. The number of amides is 1. The summed E-state index contributed by atoms with van der Waals surface area (Å²) in [5.41, 5.74) is 2.49. The lowest BCUT2D eigenvalue weighted by atomic mass is 9.97. The number of benzene rings is 1. The molecule has 1 aliphatic heterocycles. The Kier molecular flexibility index (Phi) is 6.31. The zero-order chi connectivity index (χ0) is 20.1. The van der Waals surface area contributed by atoms with Gasteiger partial charge in [0, 0.05) is 36.5 Å². The van der Waals surface area contributed by atoms with Crippen molar-refractivity contribution in [3.63, 3.8) is 0 Å². The van der Waals surface area contributed by atoms with Crippen LogP contribution in [0.25, 0.3) is 6.08 Å². The zero-order valence-electron chi connectivity index (χ0n) is 16.1. The fourth-order valence-electron chi connectivity index (χ4n) is 3.26. The van der Waals surface area contributed by atoms with Crippen LogP contribution in [0.15, 0.2) is 40.3 Å². The van der Waals surface area contributed by atoms with E-state index in [0.29, 0.717) is 38.2 Å². The molecule has 1 aliphatic rings. The van der Waals surface area contributed by atoms with Crippen LogP contribution in [0.4, 0.5) is 0 Å². The van der Waals surface area contributed by atoms with Crippen LogP contribution in [-0.2, 0) is 21.4 Å². The Morgan fingerprint density at radius 2 is 1.93 bits per heavy atom. The van der Waals surface area contributed by atoms with E-state index < -0.39 is 10.0 Å². The topological polar surface area (TPSA) is 92.5 Å². The summed E-state index contributed by atoms with van der Waals surface area (Å²) in [6.45, 7) is 4.70. The van der Waals surface area contributed by atoms with E-state index in [1.54, 1.807) is 6.08 Å². The SMILES string of the molecule is Cc1noc(C)c1CNC(=O)C1CCN(S(=O)(=O)/C=C/c2ccccc2)CC1. The van der Waals surface area contributed by atoms with Gasteiger partial charge >= 0.3 is 0 Å². The lowest BCUT2D eigenvalue weighted by Gasteiger charge is -2.29. The Morgan fingerprint density at radius 3 is 2.54 bits per heavy atom. The number of sulfonamides is 1. The van der Waals surface area contributed by atoms with E-state index in [-0.39, 0.29) is 11.8 Å². The van der Waals surface area contributed by atoms with Crippen molar-refractivity contribution >= 4 is 22.0 Å². The Hall–Kier alpha value is -2.45. The van der Waals surface area contributed by atoms with Gasteiger partial charge in [0.15, 0.2) is 0 Å². The first-order valence-electron chi connectivity index (χ1n) is 9.29. The first-order valence-corrected chi connectivity index (χ1v) is 10.8. The first-order chi connectivity index (χ1) is 13.4. The minimum absolute atomic E-state index is 0.0584. The molecule has 3 rings (SSSR count). The van der Waals surface area contributed by atoms with Crippen molar-refractivity contribution in [1.29, 1.82) is 0 Å². The van der Waals surface area contributed by atoms with Crippen molar-refractivity contribution in [2.45, 2.75) is 33.2 Å². The summed E-state index contributed by atoms with van der Waals surface area (Å²) < 4.78 is 31.6. The van der Waals surface area contributed by atoms with Gasteiger partial charge in [0.2, 0.25) is 15.9 Å². The number of aromatic nitrogens is 1. The Balaban J connectivity index is 1.52. The number of carbonyl (C=O) groups excluding carboxylic acids is 1. The van der Waals surface area contributed by atoms with Gasteiger partial charge in [-0.2, -0.15) is 4.31 Å². The molecule has 1 N–H and O–H groups in total. The second-order valence-electron chi connectivity index (χ2n) is 6.95. The highest BCUT2D eigenvalue weighted by Gasteiger charge is 2.30. The normalized spacial score (nSPS) is 16.5. The molecule has 7 nitrogen and oxygen atoms in total. The lowest BCUT2D eigenvalue weighted by Crippen LogP contribution is -2.42. The van der Waals surface area contributed by atoms with Crippen LogP contribution < -0.4 is 5.32 Å². The molecule has 150 valence electrons. The molecule has 0 atom stereocenters. The average Bonchev–Trinajstić information content (AvgIpc) is 3.03. The predicted octanol–water partition coefficient (Wildman–Crippen LogP) is 2.62. The average molecular weight is 404 g/mol. The van der Waals surface area contributed by atoms with Gasteiger partial charge in [-0.1, -0.05) is 35.5 Å². The summed E-state index contributed by atoms with van der Waals surface area (Å²) in [6, 6.07) is 9.30. The second kappa shape index (κ2) is 8.70. The van der Waals surface area contributed by atoms with Gasteiger partial charge in [0.1, 0.15) is 5.76 Å². The highest BCUT2D eigenvalue weighted by Crippen LogP contribution is 2.21. The molecule has 0 saturated carbocycles. The molecule has 1 aromatic heterocycles. The molecule has 0 aliphatic carbocycles. The molecule has 0 spiro atoms. The van der Waals surface area contributed by atoms with Crippen LogP contribution in [0, 0.1) is 19.8 Å². The van der Waals surface area contributed by atoms with Gasteiger partial charge in [0.25, 0.3) is 0 Å². The molecule has 2 heterocycles. The minimum atomic E-state index is -3.49. The van der Waals surface area contributed by atoms with Gasteiger partial charge < -0.3 is 9.84 Å². The maximum Gasteiger partial charge on any atom is 0.236 e. The maximum absolute atomic E-state index is 12.5. The Morgan fingerprint density at radius 1 is 1.25 bits per heavy atom. The van der Waals surface area contributed by atoms with Crippen molar-refractivity contribution in [2.24, 2.45) is 5.92 Å². The van der Waals surface area contributed by atoms with Crippen LogP contribution in [0.3, 0.4) is 0 Å². The molecule has 0 radical (unpaired) electrons. The van der Waals surface area contributed by atoms with E-state index in [1.165, 1.54) is 9.71 Å². The Labute approximate surface area is 165 Å². The molecular formula is C20H25N3O4S. The van der Waals surface area contributed by atoms with Crippen LogP contribution in [0.1, 0.15) is 35.4 Å². The quantitative estimate of drug-likeness (QED) is 0.800. The monoisotopic (exact) mass is 403 g/mol. The van der Waals surface area contributed by atoms with Gasteiger partial charge in [-0.3, -0.25) is 4.79 Å². The fraction of sp³-hybridized carbons (Fsp3) is 0.400. The van der Waals surface area contributed by atoms with Crippen molar-refractivity contribution in [1.82, 2.24) is 14.8 Å². The second-order valence-corrected chi connectivity index (χ2v) is 8.77. The molecule has 1 aromatic carbocycles. The molecule has 2 aromatic rings. The molecular weight excluding hydrogens is 378 g/mol. The summed E-state index contributed by atoms with van der Waals surface area (Å²) in [6.07, 6.45) is 2.61. The third kappa shape index (κ3) is 4.88. The molecule has 1 fully saturated rings. The molecule has 0 bridgehead atoms. The van der Waals surface area contributed by atoms with Crippen molar-refractivity contribution < 1.29 is 17.7 Å². The highest BCUT2D eigenvalue weighted by atomic mass is 32.2. The number of hydrogen-bond acceptors (Lipinski definition) is 5. The lowest BCUT2D eigenvalue weighted by molar-refractivity contribution is -0.126. The number of rotatable bonds is 6. The smallest absolute Gasteiger partial charge is 0.236 e. The summed E-state index contributed by atoms with van der Waals surface area (Å²) in [7, 11) is -3.49. The van der Waals surface area contributed by atoms with Crippen LogP contribution >= 0.6 is 0 Å². The summed E-state index contributed by atoms with van der Waals surface area (Å²) in [5.74, 6) is 0.450. The number of nitrogens with one attached hydrogen (secondary N) is 1. The number of nitrogens with zero attached hydrogens (tertiary/aromatic N) is 2. The van der Waals surface area contributed by atoms with E-state index in [9.17, 15) is 13.2 Å². The molecule has 1 saturated heterocycles. The number of carbonyl (C=O) groups is 1. The fourth-order valence-corrected chi connectivity index (χ4v) is 4.48. The third-order valence-corrected chi connectivity index (χ3v) is 6.60. The van der Waals surface area contributed by atoms with Crippen molar-refractivity contribution in [2.75, 3.05) is 13.1 Å². The largest absolute Gasteiger partial charge is 0.361 e. The Bertz CT molecular complexity index is 924. The van der Waals surface area contributed by atoms with E-state index in [0.717, 1.165) is 16.8 Å². The van der Waals surface area contributed by atoms with Crippen LogP contribution in [0.5, 0.6) is 0 Å². The van der Waals surface area contributed by atoms with E-state index in [1.807, 2.05) is 44.2 Å². The maximum atomic E-state index is 12.5. The summed E-state index contributed by atoms with van der Waals surface area (Å²) in [5, 5.41) is 8.03. The standard InChI is InChI=1S/C20H25N3O4S/c1-15-19(16(2)27-22-15)14-21-20(24)18-8-11-23(12-9-18)28(25,26)13-10-17-6-4-3-5-7-17/h3-7,10,13,18H,8-9,11-12,14H2,1-2H3,(H,21,24)/b13-10+. The van der Waals surface area contributed by atoms with Crippen LogP contribution in [-0.4, -0.2) is 36.9 Å². The van der Waals surface area contributed by atoms with Crippen molar-refractivity contribution in [3.05, 3.63) is 58.3 Å². The zero-order valence-corrected chi connectivity index (χ0v) is 16.9. The minimum Gasteiger partial charge on any atom is -0.361 e. The molecule has 8 heteroatoms. The van der Waals surface area contributed by atoms with Gasteiger partial charge in [-0.05, 0) is 38.3 Å². The van der Waals surface area contributed by atoms with Crippen LogP contribution in [0.2, 0.25) is 0 Å². The number of hydrogen-bond donors (Lipinski definition) is 1. The van der Waals surface area contributed by atoms with E-state index >= 15 is 0 Å². The van der Waals surface area contributed by atoms with Gasteiger partial charge in [0.05, 0.1) is 5.69 Å². The number of aryl methyl sites for hydroxylation is 2.